The van der Waals surface area contributed by atoms with E-state index >= 15 is 0 Å². The highest BCUT2D eigenvalue weighted by atomic mass is 32.2. The molecule has 2 fully saturated rings. The number of carbonyl (C=O) groups excluding carboxylic acids is 1. The highest BCUT2D eigenvalue weighted by Crippen LogP contribution is 2.26. The minimum atomic E-state index is 0.282. The summed E-state index contributed by atoms with van der Waals surface area (Å²) in [6, 6.07) is 10.7. The van der Waals surface area contributed by atoms with E-state index in [0.29, 0.717) is 17.7 Å². The molecular formula is C15H20N2OS. The molecule has 2 aliphatic rings. The van der Waals surface area contributed by atoms with Crippen LogP contribution in [0.25, 0.3) is 0 Å². The van der Waals surface area contributed by atoms with E-state index in [1.54, 1.807) is 11.8 Å². The lowest BCUT2D eigenvalue weighted by atomic mass is 9.94. The van der Waals surface area contributed by atoms with Crippen molar-refractivity contribution >= 4 is 17.7 Å². The molecule has 2 saturated heterocycles. The number of hydrogen-bond donors (Lipinski definition) is 1. The van der Waals surface area contributed by atoms with E-state index in [4.69, 9.17) is 0 Å². The zero-order chi connectivity index (χ0) is 13.1. The smallest absolute Gasteiger partial charge is 0.232 e. The van der Waals surface area contributed by atoms with Crippen molar-refractivity contribution in [2.24, 2.45) is 5.92 Å². The van der Waals surface area contributed by atoms with Gasteiger partial charge in [0.15, 0.2) is 0 Å². The van der Waals surface area contributed by atoms with Crippen molar-refractivity contribution in [3.63, 3.8) is 0 Å². The summed E-state index contributed by atoms with van der Waals surface area (Å²) in [6.45, 7) is 2.96. The fraction of sp³-hybridized carbons (Fsp3) is 0.533. The molecule has 0 aromatic heterocycles. The highest BCUT2D eigenvalue weighted by molar-refractivity contribution is 8.00. The average molecular weight is 276 g/mol. The molecule has 19 heavy (non-hydrogen) atoms. The van der Waals surface area contributed by atoms with Gasteiger partial charge in [-0.25, -0.2) is 0 Å². The van der Waals surface area contributed by atoms with Crippen LogP contribution >= 0.6 is 11.8 Å². The first kappa shape index (κ1) is 13.0. The van der Waals surface area contributed by atoms with Gasteiger partial charge < -0.3 is 10.2 Å². The van der Waals surface area contributed by atoms with Crippen molar-refractivity contribution in [1.82, 2.24) is 10.2 Å². The summed E-state index contributed by atoms with van der Waals surface area (Å²) < 4.78 is 0. The Kier molecular flexibility index (Phi) is 4.09. The number of benzene rings is 1. The SMILES string of the molecule is O=C(CSc1ccccc1)N1CC2CCCNC2C1. The van der Waals surface area contributed by atoms with Crippen LogP contribution in [0.5, 0.6) is 0 Å². The first-order valence-electron chi connectivity index (χ1n) is 7.02. The number of amides is 1. The van der Waals surface area contributed by atoms with Crippen LogP contribution in [0.3, 0.4) is 0 Å². The molecule has 102 valence electrons. The molecule has 4 heteroatoms. The van der Waals surface area contributed by atoms with Crippen molar-refractivity contribution in [3.05, 3.63) is 30.3 Å². The van der Waals surface area contributed by atoms with Gasteiger partial charge in [-0.3, -0.25) is 4.79 Å². The Morgan fingerprint density at radius 3 is 2.95 bits per heavy atom. The van der Waals surface area contributed by atoms with Gasteiger partial charge in [0, 0.05) is 24.0 Å². The van der Waals surface area contributed by atoms with Crippen LogP contribution in [0.1, 0.15) is 12.8 Å². The number of thioether (sulfide) groups is 1. The van der Waals surface area contributed by atoms with Gasteiger partial charge in [-0.2, -0.15) is 0 Å². The van der Waals surface area contributed by atoms with E-state index in [0.717, 1.165) is 19.6 Å². The summed E-state index contributed by atoms with van der Waals surface area (Å²) in [5, 5.41) is 3.54. The van der Waals surface area contributed by atoms with Crippen LogP contribution in [-0.4, -0.2) is 42.2 Å². The molecule has 0 spiro atoms. The number of fused-ring (bicyclic) bond motifs is 1. The van der Waals surface area contributed by atoms with Gasteiger partial charge >= 0.3 is 0 Å². The first-order chi connectivity index (χ1) is 9.33. The molecule has 0 radical (unpaired) electrons. The Morgan fingerprint density at radius 1 is 1.32 bits per heavy atom. The lowest BCUT2D eigenvalue weighted by molar-refractivity contribution is -0.127. The van der Waals surface area contributed by atoms with Crippen LogP contribution in [0.2, 0.25) is 0 Å². The lowest BCUT2D eigenvalue weighted by Gasteiger charge is -2.24. The van der Waals surface area contributed by atoms with Gasteiger partial charge in [-0.15, -0.1) is 11.8 Å². The molecule has 0 bridgehead atoms. The van der Waals surface area contributed by atoms with Crippen molar-refractivity contribution in [1.29, 1.82) is 0 Å². The van der Waals surface area contributed by atoms with Crippen LogP contribution in [0, 0.1) is 5.92 Å². The Morgan fingerprint density at radius 2 is 2.16 bits per heavy atom. The third kappa shape index (κ3) is 3.12. The van der Waals surface area contributed by atoms with Crippen molar-refractivity contribution < 1.29 is 4.79 Å². The van der Waals surface area contributed by atoms with E-state index in [-0.39, 0.29) is 5.91 Å². The van der Waals surface area contributed by atoms with Crippen LogP contribution in [-0.2, 0) is 4.79 Å². The topological polar surface area (TPSA) is 32.3 Å². The Hall–Kier alpha value is -1.00. The van der Waals surface area contributed by atoms with Crippen molar-refractivity contribution in [3.8, 4) is 0 Å². The fourth-order valence-corrected chi connectivity index (χ4v) is 3.83. The number of carbonyl (C=O) groups is 1. The number of nitrogens with one attached hydrogen (secondary N) is 1. The second-order valence-corrected chi connectivity index (χ2v) is 6.41. The maximum absolute atomic E-state index is 12.2. The Labute approximate surface area is 118 Å². The zero-order valence-corrected chi connectivity index (χ0v) is 11.9. The maximum atomic E-state index is 12.2. The predicted molar refractivity (Wildman–Crippen MR) is 78.3 cm³/mol. The maximum Gasteiger partial charge on any atom is 0.232 e. The molecule has 0 saturated carbocycles. The van der Waals surface area contributed by atoms with Gasteiger partial charge in [0.05, 0.1) is 5.75 Å². The molecule has 2 atom stereocenters. The molecule has 1 amide bonds. The summed E-state index contributed by atoms with van der Waals surface area (Å²) in [5.41, 5.74) is 0. The normalized spacial score (nSPS) is 26.2. The fourth-order valence-electron chi connectivity index (χ4n) is 3.00. The molecule has 0 aliphatic carbocycles. The van der Waals surface area contributed by atoms with Gasteiger partial charge in [0.2, 0.25) is 5.91 Å². The van der Waals surface area contributed by atoms with Crippen LogP contribution in [0.4, 0.5) is 0 Å². The molecule has 2 aliphatic heterocycles. The monoisotopic (exact) mass is 276 g/mol. The summed E-state index contributed by atoms with van der Waals surface area (Å²) >= 11 is 1.64. The highest BCUT2D eigenvalue weighted by Gasteiger charge is 2.36. The largest absolute Gasteiger partial charge is 0.340 e. The molecule has 2 unspecified atom stereocenters. The third-order valence-corrected chi connectivity index (χ3v) is 5.05. The average Bonchev–Trinajstić information content (AvgIpc) is 2.90. The quantitative estimate of drug-likeness (QED) is 0.857. The first-order valence-corrected chi connectivity index (χ1v) is 8.00. The molecule has 1 N–H and O–H groups in total. The van der Waals surface area contributed by atoms with E-state index in [1.165, 1.54) is 17.7 Å². The summed E-state index contributed by atoms with van der Waals surface area (Å²) in [6.07, 6.45) is 2.52. The summed E-state index contributed by atoms with van der Waals surface area (Å²) in [4.78, 5) is 15.5. The number of nitrogens with zero attached hydrogens (tertiary/aromatic N) is 1. The molecule has 1 aromatic carbocycles. The predicted octanol–water partition coefficient (Wildman–Crippen LogP) is 1.99. The van der Waals surface area contributed by atoms with Gasteiger partial charge in [-0.1, -0.05) is 18.2 Å². The summed E-state index contributed by atoms with van der Waals surface area (Å²) in [7, 11) is 0. The van der Waals surface area contributed by atoms with Gasteiger partial charge in [0.1, 0.15) is 0 Å². The molecular weight excluding hydrogens is 256 g/mol. The van der Waals surface area contributed by atoms with Crippen LogP contribution in [0.15, 0.2) is 35.2 Å². The molecule has 3 rings (SSSR count). The van der Waals surface area contributed by atoms with E-state index in [2.05, 4.69) is 17.4 Å². The molecule has 1 aromatic rings. The van der Waals surface area contributed by atoms with Crippen molar-refractivity contribution in [2.45, 2.75) is 23.8 Å². The zero-order valence-electron chi connectivity index (χ0n) is 11.0. The van der Waals surface area contributed by atoms with Gasteiger partial charge in [-0.05, 0) is 37.4 Å². The van der Waals surface area contributed by atoms with Crippen molar-refractivity contribution in [2.75, 3.05) is 25.4 Å². The second-order valence-electron chi connectivity index (χ2n) is 5.36. The number of hydrogen-bond acceptors (Lipinski definition) is 3. The number of likely N-dealkylation sites (tertiary alicyclic amines) is 1. The number of rotatable bonds is 3. The van der Waals surface area contributed by atoms with E-state index in [9.17, 15) is 4.79 Å². The Bertz CT molecular complexity index is 423. The van der Waals surface area contributed by atoms with E-state index in [1.807, 2.05) is 23.1 Å². The lowest BCUT2D eigenvalue weighted by Crippen LogP contribution is -2.41. The Balaban J connectivity index is 1.51. The second kappa shape index (κ2) is 5.97. The number of piperidine rings is 1. The standard InChI is InChI=1S/C15H20N2OS/c18-15(11-19-13-6-2-1-3-7-13)17-9-12-5-4-8-16-14(12)10-17/h1-3,6-7,12,14,16H,4-5,8-11H2. The minimum Gasteiger partial charge on any atom is -0.340 e. The third-order valence-electron chi connectivity index (χ3n) is 4.06. The van der Waals surface area contributed by atoms with E-state index < -0.39 is 0 Å². The van der Waals surface area contributed by atoms with Gasteiger partial charge in [0.25, 0.3) is 0 Å². The minimum absolute atomic E-state index is 0.282. The van der Waals surface area contributed by atoms with Crippen LogP contribution < -0.4 is 5.32 Å². The molecule has 3 nitrogen and oxygen atoms in total. The molecule has 2 heterocycles. The summed E-state index contributed by atoms with van der Waals surface area (Å²) in [5.74, 6) is 1.52.